The normalized spacial score (nSPS) is 12.2. The van der Waals surface area contributed by atoms with Gasteiger partial charge >= 0.3 is 6.03 Å². The van der Waals surface area contributed by atoms with Gasteiger partial charge in [0.1, 0.15) is 21.3 Å². The van der Waals surface area contributed by atoms with E-state index in [-0.39, 0.29) is 12.3 Å². The van der Waals surface area contributed by atoms with Crippen LogP contribution in [-0.4, -0.2) is 48.6 Å². The van der Waals surface area contributed by atoms with Gasteiger partial charge in [0.25, 0.3) is 0 Å². The summed E-state index contributed by atoms with van der Waals surface area (Å²) in [6.07, 6.45) is 3.25. The molecule has 0 aliphatic rings. The summed E-state index contributed by atoms with van der Waals surface area (Å²) in [5.74, 6) is 0.675. The van der Waals surface area contributed by atoms with Crippen LogP contribution in [0.4, 0.5) is 10.5 Å². The molecule has 2 aromatic carbocycles. The monoisotopic (exact) mass is 477 g/mol. The molecule has 1 heterocycles. The minimum absolute atomic E-state index is 0.0522. The third-order valence-corrected chi connectivity index (χ3v) is 5.79. The van der Waals surface area contributed by atoms with E-state index in [1.807, 2.05) is 24.3 Å². The summed E-state index contributed by atoms with van der Waals surface area (Å²) >= 11 is 5.89. The lowest BCUT2D eigenvalue weighted by Crippen LogP contribution is -2.34. The second-order valence-electron chi connectivity index (χ2n) is 7.25. The second-order valence-corrected chi connectivity index (χ2v) is 9.94. The number of hydrogen-bond acceptors (Lipinski definition) is 6. The lowest BCUT2D eigenvalue weighted by atomic mass is 10.0. The number of urea groups is 1. The number of aromatic nitrogens is 3. The quantitative estimate of drug-likeness (QED) is 0.489. The van der Waals surface area contributed by atoms with Gasteiger partial charge < -0.3 is 15.4 Å². The van der Waals surface area contributed by atoms with Gasteiger partial charge in [-0.25, -0.2) is 13.2 Å². The molecule has 0 saturated heterocycles. The Morgan fingerprint density at radius 3 is 2.47 bits per heavy atom. The molecule has 0 radical (unpaired) electrons. The van der Waals surface area contributed by atoms with Crippen molar-refractivity contribution in [1.29, 1.82) is 0 Å². The number of carbonyl (C=O) groups excluding carboxylic acids is 1. The molecule has 2 N–H and O–H groups in total. The predicted molar refractivity (Wildman–Crippen MR) is 123 cm³/mol. The molecular formula is C21H24ClN5O4S. The number of hydrogen-bond donors (Lipinski definition) is 2. The maximum Gasteiger partial charge on any atom is 0.319 e. The van der Waals surface area contributed by atoms with Crippen LogP contribution in [0.1, 0.15) is 17.3 Å². The molecule has 170 valence electrons. The van der Waals surface area contributed by atoms with Crippen molar-refractivity contribution in [3.05, 3.63) is 71.0 Å². The van der Waals surface area contributed by atoms with Crippen LogP contribution in [0, 0.1) is 0 Å². The van der Waals surface area contributed by atoms with Gasteiger partial charge in [0.05, 0.1) is 31.6 Å². The Hall–Kier alpha value is -3.11. The van der Waals surface area contributed by atoms with Crippen molar-refractivity contribution in [3.8, 4) is 5.75 Å². The molecule has 0 saturated carbocycles. The number of methoxy groups -OCH3 is 1. The summed E-state index contributed by atoms with van der Waals surface area (Å²) < 4.78 is 29.5. The largest absolute Gasteiger partial charge is 0.497 e. The number of ether oxygens (including phenoxy) is 1. The van der Waals surface area contributed by atoms with Crippen LogP contribution in [0.3, 0.4) is 0 Å². The van der Waals surface area contributed by atoms with E-state index in [4.69, 9.17) is 16.3 Å². The summed E-state index contributed by atoms with van der Waals surface area (Å²) in [4.78, 5) is 12.6. The van der Waals surface area contributed by atoms with Crippen molar-refractivity contribution in [1.82, 2.24) is 20.3 Å². The Balaban J connectivity index is 1.76. The molecule has 0 fully saturated rings. The van der Waals surface area contributed by atoms with Crippen molar-refractivity contribution in [2.45, 2.75) is 19.0 Å². The zero-order chi connectivity index (χ0) is 23.1. The molecule has 0 unspecified atom stereocenters. The van der Waals surface area contributed by atoms with E-state index in [1.54, 1.807) is 37.6 Å². The van der Waals surface area contributed by atoms with E-state index in [1.165, 1.54) is 10.9 Å². The molecule has 0 bridgehead atoms. The molecule has 0 spiro atoms. The fourth-order valence-electron chi connectivity index (χ4n) is 2.93. The maximum absolute atomic E-state index is 12.6. The van der Waals surface area contributed by atoms with Gasteiger partial charge in [-0.2, -0.15) is 0 Å². The summed E-state index contributed by atoms with van der Waals surface area (Å²) in [6.45, 7) is 0.179. The number of benzene rings is 2. The number of carbonyl (C=O) groups is 1. The van der Waals surface area contributed by atoms with Crippen LogP contribution in [0.5, 0.6) is 5.75 Å². The minimum Gasteiger partial charge on any atom is -0.497 e. The molecule has 2 amide bonds. The molecule has 3 aromatic rings. The molecular weight excluding hydrogens is 454 g/mol. The topological polar surface area (TPSA) is 115 Å². The highest BCUT2D eigenvalue weighted by Crippen LogP contribution is 2.20. The number of amides is 2. The summed E-state index contributed by atoms with van der Waals surface area (Å²) in [5.41, 5.74) is 2.06. The smallest absolute Gasteiger partial charge is 0.319 e. The maximum atomic E-state index is 12.6. The van der Waals surface area contributed by atoms with E-state index >= 15 is 0 Å². The molecule has 9 nitrogen and oxygen atoms in total. The van der Waals surface area contributed by atoms with E-state index in [0.29, 0.717) is 22.8 Å². The third-order valence-electron chi connectivity index (χ3n) is 4.61. The average molecular weight is 478 g/mol. The van der Waals surface area contributed by atoms with E-state index in [0.717, 1.165) is 11.3 Å². The van der Waals surface area contributed by atoms with Gasteiger partial charge in [-0.15, -0.1) is 5.10 Å². The molecule has 1 aromatic heterocycles. The van der Waals surface area contributed by atoms with Gasteiger partial charge in [-0.3, -0.25) is 4.68 Å². The van der Waals surface area contributed by atoms with Crippen molar-refractivity contribution in [2.24, 2.45) is 0 Å². The van der Waals surface area contributed by atoms with Crippen LogP contribution < -0.4 is 15.4 Å². The Morgan fingerprint density at radius 1 is 1.16 bits per heavy atom. The number of anilines is 1. The Kier molecular flexibility index (Phi) is 7.70. The second kappa shape index (κ2) is 10.5. The molecule has 3 rings (SSSR count). The van der Waals surface area contributed by atoms with Gasteiger partial charge in [0, 0.05) is 17.0 Å². The number of halogens is 1. The predicted octanol–water partition coefficient (Wildman–Crippen LogP) is 3.09. The van der Waals surface area contributed by atoms with Crippen LogP contribution in [-0.2, 0) is 22.8 Å². The zero-order valence-corrected chi connectivity index (χ0v) is 19.2. The molecule has 0 aliphatic carbocycles. The van der Waals surface area contributed by atoms with Gasteiger partial charge in [0.15, 0.2) is 0 Å². The Labute approximate surface area is 191 Å². The summed E-state index contributed by atoms with van der Waals surface area (Å²) in [5, 5.41) is 14.4. The van der Waals surface area contributed by atoms with Crippen LogP contribution >= 0.6 is 11.6 Å². The highest BCUT2D eigenvalue weighted by atomic mass is 35.5. The first kappa shape index (κ1) is 23.6. The molecule has 32 heavy (non-hydrogen) atoms. The highest BCUT2D eigenvalue weighted by Gasteiger charge is 2.19. The van der Waals surface area contributed by atoms with Crippen molar-refractivity contribution < 1.29 is 17.9 Å². The SMILES string of the molecule is COc1ccc(C[C@H](NC(=O)Nc2ccc(Cl)cc2)c2cn(CCS(C)(=O)=O)nn2)cc1. The number of nitrogens with zero attached hydrogens (tertiary/aromatic N) is 3. The number of nitrogens with one attached hydrogen (secondary N) is 2. The van der Waals surface area contributed by atoms with Crippen LogP contribution in [0.15, 0.2) is 54.7 Å². The number of rotatable bonds is 9. The lowest BCUT2D eigenvalue weighted by Gasteiger charge is -2.17. The first-order valence-electron chi connectivity index (χ1n) is 9.75. The van der Waals surface area contributed by atoms with Gasteiger partial charge in [-0.1, -0.05) is 28.9 Å². The molecule has 0 aliphatic heterocycles. The Morgan fingerprint density at radius 2 is 1.84 bits per heavy atom. The number of aryl methyl sites for hydroxylation is 1. The van der Waals surface area contributed by atoms with Crippen LogP contribution in [0.25, 0.3) is 0 Å². The standard InChI is InChI=1S/C21H24ClN5O4S/c1-31-18-9-3-15(4-10-18)13-19(20-14-27(26-25-20)11-12-32(2,29)30)24-21(28)23-17-7-5-16(22)6-8-17/h3-10,14,19H,11-13H2,1-2H3,(H2,23,24,28)/t19-/m0/s1. The molecule has 11 heteroatoms. The summed E-state index contributed by atoms with van der Waals surface area (Å²) in [7, 11) is -1.54. The fraction of sp³-hybridized carbons (Fsp3) is 0.286. The Bertz CT molecular complexity index is 1150. The lowest BCUT2D eigenvalue weighted by molar-refractivity contribution is 0.248. The highest BCUT2D eigenvalue weighted by molar-refractivity contribution is 7.90. The van der Waals surface area contributed by atoms with E-state index in [2.05, 4.69) is 20.9 Å². The number of sulfone groups is 1. The fourth-order valence-corrected chi connectivity index (χ4v) is 3.57. The van der Waals surface area contributed by atoms with E-state index in [9.17, 15) is 13.2 Å². The third kappa shape index (κ3) is 7.24. The van der Waals surface area contributed by atoms with Gasteiger partial charge in [0.2, 0.25) is 0 Å². The summed E-state index contributed by atoms with van der Waals surface area (Å²) in [6, 6.07) is 13.3. The van der Waals surface area contributed by atoms with Crippen molar-refractivity contribution in [3.63, 3.8) is 0 Å². The first-order chi connectivity index (χ1) is 15.2. The minimum atomic E-state index is -3.13. The average Bonchev–Trinajstić information content (AvgIpc) is 3.23. The van der Waals surface area contributed by atoms with Crippen LogP contribution in [0.2, 0.25) is 5.02 Å². The molecule has 1 atom stereocenters. The van der Waals surface area contributed by atoms with Crippen molar-refractivity contribution >= 4 is 33.2 Å². The van der Waals surface area contributed by atoms with Crippen molar-refractivity contribution in [2.75, 3.05) is 24.4 Å². The van der Waals surface area contributed by atoms with E-state index < -0.39 is 21.9 Å². The first-order valence-corrected chi connectivity index (χ1v) is 12.2. The van der Waals surface area contributed by atoms with Gasteiger partial charge in [-0.05, 0) is 48.4 Å². The zero-order valence-electron chi connectivity index (χ0n) is 17.7.